The minimum Gasteiger partial charge on any atom is -0.394 e. The van der Waals surface area contributed by atoms with Crippen molar-refractivity contribution >= 4 is 37.5 Å². The minimum absolute atomic E-state index is 0.0142. The topological polar surface area (TPSA) is 90.4 Å². The number of rotatable bonds is 7. The molecular weight excluding hydrogens is 553 g/mol. The summed E-state index contributed by atoms with van der Waals surface area (Å²) < 4.78 is 22.8. The Balaban J connectivity index is 1.30. The van der Waals surface area contributed by atoms with Crippen molar-refractivity contribution in [3.05, 3.63) is 59.7 Å². The van der Waals surface area contributed by atoms with Gasteiger partial charge in [0.2, 0.25) is 20.2 Å². The number of aliphatic hydroxyl groups is 1. The van der Waals surface area contributed by atoms with Gasteiger partial charge in [0, 0.05) is 42.2 Å². The van der Waals surface area contributed by atoms with E-state index in [-0.39, 0.29) is 36.8 Å². The SMILES string of the molecule is C[C@@H]1[C@@H]([Si](C)(C)F)[C@H](CC(=O)N2CCC[C@H]2CO)O[C@@]12C(=O)N(Cc1ccc(N3CCCC3=O)cc1)c1ccccc12. The lowest BCUT2D eigenvalue weighted by atomic mass is 9.82. The highest BCUT2D eigenvalue weighted by atomic mass is 28.4. The monoisotopic (exact) mass is 593 g/mol. The molecule has 0 aromatic heterocycles. The molecule has 0 aliphatic carbocycles. The number of para-hydroxylation sites is 1. The van der Waals surface area contributed by atoms with Crippen LogP contribution < -0.4 is 9.80 Å². The molecule has 6 rings (SSSR count). The van der Waals surface area contributed by atoms with E-state index in [1.807, 2.05) is 55.5 Å². The van der Waals surface area contributed by atoms with Gasteiger partial charge in [0.1, 0.15) is 0 Å². The van der Waals surface area contributed by atoms with Gasteiger partial charge in [0.15, 0.2) is 5.60 Å². The van der Waals surface area contributed by atoms with Crippen LogP contribution in [0.2, 0.25) is 18.6 Å². The van der Waals surface area contributed by atoms with Crippen LogP contribution in [0.4, 0.5) is 15.5 Å². The number of likely N-dealkylation sites (tertiary alicyclic amines) is 1. The Morgan fingerprint density at radius 1 is 1.10 bits per heavy atom. The van der Waals surface area contributed by atoms with Crippen molar-refractivity contribution < 1.29 is 28.3 Å². The lowest BCUT2D eigenvalue weighted by molar-refractivity contribution is -0.150. The lowest BCUT2D eigenvalue weighted by Gasteiger charge is -2.31. The molecule has 4 aliphatic rings. The number of aliphatic hydroxyl groups excluding tert-OH is 1. The molecule has 3 saturated heterocycles. The van der Waals surface area contributed by atoms with E-state index in [1.165, 1.54) is 0 Å². The summed E-state index contributed by atoms with van der Waals surface area (Å²) in [4.78, 5) is 45.3. The Morgan fingerprint density at radius 3 is 2.50 bits per heavy atom. The highest BCUT2D eigenvalue weighted by Crippen LogP contribution is 2.60. The first kappa shape index (κ1) is 29.0. The molecule has 3 fully saturated rings. The number of nitrogens with zero attached hydrogens (tertiary/aromatic N) is 3. The fourth-order valence-corrected chi connectivity index (χ4v) is 10.4. The maximum Gasteiger partial charge on any atom is 0.264 e. The average Bonchev–Trinajstić information content (AvgIpc) is 3.72. The van der Waals surface area contributed by atoms with E-state index in [4.69, 9.17) is 4.74 Å². The van der Waals surface area contributed by atoms with Gasteiger partial charge in [-0.25, -0.2) is 0 Å². The van der Waals surface area contributed by atoms with Gasteiger partial charge < -0.3 is 28.7 Å². The van der Waals surface area contributed by atoms with Gasteiger partial charge in [-0.15, -0.1) is 0 Å². The molecule has 1 N–H and O–H groups in total. The summed E-state index contributed by atoms with van der Waals surface area (Å²) in [5.74, 6) is -0.741. The first-order valence-corrected chi connectivity index (χ1v) is 18.1. The van der Waals surface area contributed by atoms with Gasteiger partial charge in [-0.05, 0) is 56.1 Å². The molecule has 0 radical (unpaired) electrons. The number of amides is 3. The third-order valence-corrected chi connectivity index (χ3v) is 12.3. The Hall–Kier alpha value is -3.08. The van der Waals surface area contributed by atoms with E-state index >= 15 is 4.11 Å². The summed E-state index contributed by atoms with van der Waals surface area (Å²) in [5.41, 5.74) is 1.26. The first-order valence-electron chi connectivity index (χ1n) is 15.1. The second kappa shape index (κ2) is 10.9. The number of benzene rings is 2. The largest absolute Gasteiger partial charge is 0.394 e. The van der Waals surface area contributed by atoms with E-state index < -0.39 is 31.6 Å². The van der Waals surface area contributed by atoms with Crippen molar-refractivity contribution in [3.63, 3.8) is 0 Å². The van der Waals surface area contributed by atoms with Crippen LogP contribution in [0.5, 0.6) is 0 Å². The van der Waals surface area contributed by atoms with Gasteiger partial charge in [-0.3, -0.25) is 14.4 Å². The molecule has 4 heterocycles. The van der Waals surface area contributed by atoms with Crippen LogP contribution in [0.25, 0.3) is 0 Å². The summed E-state index contributed by atoms with van der Waals surface area (Å²) in [6.45, 7) is 6.66. The summed E-state index contributed by atoms with van der Waals surface area (Å²) in [6, 6.07) is 15.0. The predicted octanol–water partition coefficient (Wildman–Crippen LogP) is 4.51. The predicted molar refractivity (Wildman–Crippen MR) is 160 cm³/mol. The number of fused-ring (bicyclic) bond motifs is 2. The van der Waals surface area contributed by atoms with Crippen LogP contribution in [-0.2, 0) is 31.3 Å². The zero-order chi connectivity index (χ0) is 29.8. The standard InChI is InChI=1S/C32H40FN3O5Si/c1-21-30(42(2,3)33)27(18-29(39)35-16-6-8-24(35)20-37)41-32(21)25-9-4-5-10-26(25)36(31(32)40)19-22-12-14-23(15-13-22)34-17-7-11-28(34)38/h4-5,9-10,12-15,21,24,27,30,37H,6-8,11,16-20H2,1-3H3/t21-,24+,27+,30-,32+/m1/s1. The Kier molecular flexibility index (Phi) is 7.51. The van der Waals surface area contributed by atoms with Gasteiger partial charge in [0.05, 0.1) is 37.4 Å². The summed E-state index contributed by atoms with van der Waals surface area (Å²) in [5, 5.41) is 9.77. The van der Waals surface area contributed by atoms with Gasteiger partial charge >= 0.3 is 0 Å². The molecule has 42 heavy (non-hydrogen) atoms. The summed E-state index contributed by atoms with van der Waals surface area (Å²) >= 11 is 0. The van der Waals surface area contributed by atoms with Crippen molar-refractivity contribution in [2.45, 2.75) is 82.0 Å². The van der Waals surface area contributed by atoms with Crippen LogP contribution in [0.1, 0.15) is 50.2 Å². The second-order valence-electron chi connectivity index (χ2n) is 12.8. The third-order valence-electron chi connectivity index (χ3n) is 9.81. The number of halogens is 1. The smallest absolute Gasteiger partial charge is 0.264 e. The Morgan fingerprint density at radius 2 is 1.83 bits per heavy atom. The number of hydrogen-bond donors (Lipinski definition) is 1. The van der Waals surface area contributed by atoms with E-state index in [0.29, 0.717) is 26.1 Å². The number of ether oxygens (including phenoxy) is 1. The molecule has 8 nitrogen and oxygen atoms in total. The summed E-state index contributed by atoms with van der Waals surface area (Å²) in [6.07, 6.45) is 2.23. The van der Waals surface area contributed by atoms with Crippen LogP contribution in [0, 0.1) is 5.92 Å². The zero-order valence-corrected chi connectivity index (χ0v) is 25.6. The second-order valence-corrected chi connectivity index (χ2v) is 16.6. The molecule has 10 heteroatoms. The fourth-order valence-electron chi connectivity index (χ4n) is 7.89. The third kappa shape index (κ3) is 4.68. The average molecular weight is 594 g/mol. The Bertz CT molecular complexity index is 1380. The molecule has 5 atom stereocenters. The van der Waals surface area contributed by atoms with Crippen LogP contribution >= 0.6 is 0 Å². The molecule has 224 valence electrons. The molecule has 0 unspecified atom stereocenters. The van der Waals surface area contributed by atoms with Crippen LogP contribution in [-0.4, -0.2) is 68.0 Å². The maximum atomic E-state index is 16.1. The highest BCUT2D eigenvalue weighted by Gasteiger charge is 2.67. The van der Waals surface area contributed by atoms with Gasteiger partial charge in [0.25, 0.3) is 5.91 Å². The maximum absolute atomic E-state index is 16.1. The van der Waals surface area contributed by atoms with Crippen LogP contribution in [0.3, 0.4) is 0 Å². The quantitative estimate of drug-likeness (QED) is 0.377. The number of carbonyl (C=O) groups excluding carboxylic acids is 3. The van der Waals surface area contributed by atoms with Crippen LogP contribution in [0.15, 0.2) is 48.5 Å². The molecule has 2 aromatic rings. The van der Waals surface area contributed by atoms with Crippen molar-refractivity contribution in [1.82, 2.24) is 4.90 Å². The van der Waals surface area contributed by atoms with E-state index in [2.05, 4.69) is 0 Å². The molecule has 1 spiro atoms. The normalized spacial score (nSPS) is 29.3. The van der Waals surface area contributed by atoms with Crippen molar-refractivity contribution in [1.29, 1.82) is 0 Å². The van der Waals surface area contributed by atoms with E-state index in [0.717, 1.165) is 41.8 Å². The lowest BCUT2D eigenvalue weighted by Crippen LogP contribution is -2.45. The van der Waals surface area contributed by atoms with Crippen molar-refractivity contribution in [2.75, 3.05) is 29.5 Å². The molecule has 3 amide bonds. The molecule has 0 bridgehead atoms. The zero-order valence-electron chi connectivity index (χ0n) is 24.6. The van der Waals surface area contributed by atoms with Gasteiger partial charge in [-0.1, -0.05) is 37.3 Å². The molecule has 4 aliphatic heterocycles. The summed E-state index contributed by atoms with van der Waals surface area (Å²) in [7, 11) is -3.40. The molecular formula is C32H40FN3O5Si. The van der Waals surface area contributed by atoms with E-state index in [9.17, 15) is 19.5 Å². The first-order chi connectivity index (χ1) is 20.1. The van der Waals surface area contributed by atoms with E-state index in [1.54, 1.807) is 27.8 Å². The van der Waals surface area contributed by atoms with Crippen molar-refractivity contribution in [2.24, 2.45) is 5.92 Å². The van der Waals surface area contributed by atoms with Crippen molar-refractivity contribution in [3.8, 4) is 0 Å². The fraction of sp³-hybridized carbons (Fsp3) is 0.531. The minimum atomic E-state index is -3.40. The Labute approximate surface area is 247 Å². The number of carbonyl (C=O) groups is 3. The van der Waals surface area contributed by atoms with Gasteiger partial charge in [-0.2, -0.15) is 0 Å². The number of anilines is 2. The number of hydrogen-bond acceptors (Lipinski definition) is 5. The highest BCUT2D eigenvalue weighted by molar-refractivity contribution is 6.72. The molecule has 2 aromatic carbocycles. The molecule has 0 saturated carbocycles.